The Morgan fingerprint density at radius 3 is 2.33 bits per heavy atom. The molecule has 1 saturated heterocycles. The third kappa shape index (κ3) is 0.653. The zero-order valence-corrected chi connectivity index (χ0v) is 8.11. The maximum atomic E-state index is 5.78. The molecule has 2 unspecified atom stereocenters. The van der Waals surface area contributed by atoms with Crippen molar-refractivity contribution in [1.29, 1.82) is 0 Å². The van der Waals surface area contributed by atoms with Crippen LogP contribution in [-0.2, 0) is 4.74 Å². The van der Waals surface area contributed by atoms with E-state index in [1.54, 1.807) is 0 Å². The Hall–Kier alpha value is -0.480. The quantitative estimate of drug-likeness (QED) is 0.395. The average molecular weight is 164 g/mol. The number of fused-ring (bicyclic) bond motifs is 1. The fourth-order valence-corrected chi connectivity index (χ4v) is 2.81. The molecular weight excluding hydrogens is 148 g/mol. The van der Waals surface area contributed by atoms with Crippen molar-refractivity contribution in [3.05, 3.63) is 0 Å². The fraction of sp³-hybridized carbons (Fsp3) is 0.818. The van der Waals surface area contributed by atoms with Gasteiger partial charge in [0.25, 0.3) is 0 Å². The highest BCUT2D eigenvalue weighted by Gasteiger charge is 2.74. The van der Waals surface area contributed by atoms with Gasteiger partial charge in [-0.05, 0) is 26.2 Å². The van der Waals surface area contributed by atoms with Gasteiger partial charge in [-0.3, -0.25) is 0 Å². The second-order valence-corrected chi connectivity index (χ2v) is 4.90. The molecule has 0 spiro atoms. The summed E-state index contributed by atoms with van der Waals surface area (Å²) in [6.45, 7) is 6.59. The lowest BCUT2D eigenvalue weighted by Gasteiger charge is -2.34. The first-order chi connectivity index (χ1) is 5.47. The van der Waals surface area contributed by atoms with Crippen LogP contribution in [0.3, 0.4) is 0 Å². The minimum absolute atomic E-state index is 0.0104. The lowest BCUT2D eigenvalue weighted by molar-refractivity contribution is 0.174. The van der Waals surface area contributed by atoms with Gasteiger partial charge in [0.15, 0.2) is 5.60 Å². The summed E-state index contributed by atoms with van der Waals surface area (Å²) < 4.78 is 5.78. The monoisotopic (exact) mass is 164 g/mol. The van der Waals surface area contributed by atoms with Crippen LogP contribution in [0, 0.1) is 17.8 Å². The van der Waals surface area contributed by atoms with Crippen LogP contribution in [0.1, 0.15) is 40.0 Å². The third-order valence-electron chi connectivity index (χ3n) is 3.69. The average Bonchev–Trinajstić information content (AvgIpc) is 2.58. The summed E-state index contributed by atoms with van der Waals surface area (Å²) in [5.41, 5.74) is -0.101. The molecule has 1 heteroatoms. The molecule has 2 fully saturated rings. The zero-order chi connectivity index (χ0) is 9.04. The first-order valence-corrected chi connectivity index (χ1v) is 4.65. The molecule has 2 atom stereocenters. The van der Waals surface area contributed by atoms with Gasteiger partial charge in [-0.15, -0.1) is 6.42 Å². The summed E-state index contributed by atoms with van der Waals surface area (Å²) in [4.78, 5) is 0. The molecule has 0 bridgehead atoms. The Balaban J connectivity index is 2.38. The van der Waals surface area contributed by atoms with E-state index in [1.165, 1.54) is 12.8 Å². The molecule has 1 saturated carbocycles. The van der Waals surface area contributed by atoms with Gasteiger partial charge in [-0.25, -0.2) is 0 Å². The first-order valence-electron chi connectivity index (χ1n) is 4.65. The van der Waals surface area contributed by atoms with Crippen LogP contribution in [-0.4, -0.2) is 11.2 Å². The maximum absolute atomic E-state index is 5.78. The maximum Gasteiger partial charge on any atom is 0.162 e. The van der Waals surface area contributed by atoms with Crippen molar-refractivity contribution in [2.24, 2.45) is 5.41 Å². The lowest BCUT2D eigenvalue weighted by atomic mass is 9.64. The van der Waals surface area contributed by atoms with Crippen LogP contribution in [0.15, 0.2) is 0 Å². The molecule has 12 heavy (non-hydrogen) atoms. The lowest BCUT2D eigenvalue weighted by Crippen LogP contribution is -2.41. The predicted molar refractivity (Wildman–Crippen MR) is 48.7 cm³/mol. The minimum atomic E-state index is -0.252. The fourth-order valence-electron chi connectivity index (χ4n) is 2.81. The number of rotatable bonds is 0. The van der Waals surface area contributed by atoms with E-state index in [0.29, 0.717) is 0 Å². The van der Waals surface area contributed by atoms with Crippen molar-refractivity contribution in [3.8, 4) is 12.3 Å². The highest BCUT2D eigenvalue weighted by molar-refractivity contribution is 5.35. The van der Waals surface area contributed by atoms with Crippen LogP contribution in [0.25, 0.3) is 0 Å². The molecule has 1 aliphatic carbocycles. The number of terminal acetylenes is 1. The van der Waals surface area contributed by atoms with Crippen molar-refractivity contribution in [1.82, 2.24) is 0 Å². The van der Waals surface area contributed by atoms with Crippen LogP contribution < -0.4 is 0 Å². The Kier molecular flexibility index (Phi) is 1.27. The molecular formula is C11H16O. The van der Waals surface area contributed by atoms with Crippen molar-refractivity contribution in [2.45, 2.75) is 51.2 Å². The number of ether oxygens (including phenoxy) is 1. The Bertz CT molecular complexity index is 261. The number of hydrogen-bond acceptors (Lipinski definition) is 1. The van der Waals surface area contributed by atoms with Crippen molar-refractivity contribution < 1.29 is 4.74 Å². The van der Waals surface area contributed by atoms with Crippen molar-refractivity contribution in [3.63, 3.8) is 0 Å². The highest BCUT2D eigenvalue weighted by Crippen LogP contribution is 2.64. The molecule has 1 nitrogen and oxygen atoms in total. The van der Waals surface area contributed by atoms with Gasteiger partial charge >= 0.3 is 0 Å². The molecule has 1 aliphatic heterocycles. The largest absolute Gasteiger partial charge is 0.348 e. The van der Waals surface area contributed by atoms with E-state index in [2.05, 4.69) is 26.7 Å². The number of hydrogen-bond donors (Lipinski definition) is 0. The molecule has 0 aromatic rings. The Morgan fingerprint density at radius 2 is 1.92 bits per heavy atom. The van der Waals surface area contributed by atoms with E-state index in [0.717, 1.165) is 6.42 Å². The van der Waals surface area contributed by atoms with Crippen LogP contribution >= 0.6 is 0 Å². The molecule has 2 rings (SSSR count). The van der Waals surface area contributed by atoms with Crippen LogP contribution in [0.5, 0.6) is 0 Å². The van der Waals surface area contributed by atoms with Crippen LogP contribution in [0.4, 0.5) is 0 Å². The van der Waals surface area contributed by atoms with E-state index in [-0.39, 0.29) is 16.6 Å². The second-order valence-electron chi connectivity index (χ2n) is 4.90. The molecule has 2 aliphatic rings. The van der Waals surface area contributed by atoms with E-state index in [4.69, 9.17) is 11.2 Å². The summed E-state index contributed by atoms with van der Waals surface area (Å²) in [6.07, 6.45) is 9.12. The van der Waals surface area contributed by atoms with Gasteiger partial charge in [0, 0.05) is 5.41 Å². The summed E-state index contributed by atoms with van der Waals surface area (Å²) in [6, 6.07) is 0. The third-order valence-corrected chi connectivity index (χ3v) is 3.69. The normalized spacial score (nSPS) is 49.2. The van der Waals surface area contributed by atoms with Gasteiger partial charge in [0.1, 0.15) is 5.60 Å². The van der Waals surface area contributed by atoms with E-state index >= 15 is 0 Å². The second kappa shape index (κ2) is 1.88. The Morgan fingerprint density at radius 1 is 1.25 bits per heavy atom. The number of epoxide rings is 1. The minimum Gasteiger partial charge on any atom is -0.348 e. The van der Waals surface area contributed by atoms with Gasteiger partial charge in [0.05, 0.1) is 0 Å². The predicted octanol–water partition coefficient (Wildman–Crippen LogP) is 2.36. The van der Waals surface area contributed by atoms with Crippen LogP contribution in [0.2, 0.25) is 0 Å². The SMILES string of the molecule is C#CC12OC1(C)CCCC2(C)C. The molecule has 1 heterocycles. The smallest absolute Gasteiger partial charge is 0.162 e. The summed E-state index contributed by atoms with van der Waals surface area (Å²) >= 11 is 0. The van der Waals surface area contributed by atoms with Gasteiger partial charge < -0.3 is 4.74 Å². The summed E-state index contributed by atoms with van der Waals surface area (Å²) in [7, 11) is 0. The van der Waals surface area contributed by atoms with Gasteiger partial charge in [-0.2, -0.15) is 0 Å². The van der Waals surface area contributed by atoms with E-state index in [9.17, 15) is 0 Å². The molecule has 66 valence electrons. The molecule has 0 radical (unpaired) electrons. The molecule has 0 aromatic heterocycles. The molecule has 0 aromatic carbocycles. The summed E-state index contributed by atoms with van der Waals surface area (Å²) in [5.74, 6) is 2.86. The van der Waals surface area contributed by atoms with Gasteiger partial charge in [0.2, 0.25) is 0 Å². The van der Waals surface area contributed by atoms with Crippen molar-refractivity contribution >= 4 is 0 Å². The highest BCUT2D eigenvalue weighted by atomic mass is 16.6. The molecule has 0 amide bonds. The van der Waals surface area contributed by atoms with Crippen molar-refractivity contribution in [2.75, 3.05) is 0 Å². The topological polar surface area (TPSA) is 12.5 Å². The van der Waals surface area contributed by atoms with E-state index < -0.39 is 0 Å². The standard InChI is InChI=1S/C11H16O/c1-5-11-9(2,3)7-6-8-10(11,4)12-11/h1H,6-8H2,2-4H3. The van der Waals surface area contributed by atoms with Gasteiger partial charge in [-0.1, -0.05) is 19.8 Å². The summed E-state index contributed by atoms with van der Waals surface area (Å²) in [5, 5.41) is 0. The Labute approximate surface area is 74.5 Å². The zero-order valence-electron chi connectivity index (χ0n) is 8.11. The van der Waals surface area contributed by atoms with E-state index in [1.807, 2.05) is 0 Å². The first kappa shape index (κ1) is 8.13. The molecule has 0 N–H and O–H groups in total.